The zero-order chi connectivity index (χ0) is 22.2. The minimum absolute atomic E-state index is 0.152. The van der Waals surface area contributed by atoms with Crippen molar-refractivity contribution in [1.29, 1.82) is 0 Å². The van der Waals surface area contributed by atoms with Crippen molar-refractivity contribution in [2.24, 2.45) is 5.73 Å². The van der Waals surface area contributed by atoms with E-state index in [2.05, 4.69) is 22.2 Å². The zero-order valence-corrected chi connectivity index (χ0v) is 18.9. The van der Waals surface area contributed by atoms with E-state index in [1.165, 1.54) is 16.2 Å². The number of thiazole rings is 1. The summed E-state index contributed by atoms with van der Waals surface area (Å²) in [6, 6.07) is 1.50. The van der Waals surface area contributed by atoms with Crippen LogP contribution in [0.2, 0.25) is 0 Å². The molecule has 166 valence electrons. The first kappa shape index (κ1) is 21.6. The summed E-state index contributed by atoms with van der Waals surface area (Å²) < 4.78 is 5.63. The molecule has 10 heteroatoms. The Kier molecular flexibility index (Phi) is 5.69. The molecule has 4 rings (SSSR count). The van der Waals surface area contributed by atoms with Crippen molar-refractivity contribution < 1.29 is 14.3 Å². The number of nitrogens with zero attached hydrogens (tertiary/aromatic N) is 4. The first-order chi connectivity index (χ1) is 14.8. The third kappa shape index (κ3) is 3.78. The maximum absolute atomic E-state index is 12.8. The fraction of sp³-hybridized carbons (Fsp3) is 0.571. The third-order valence-electron chi connectivity index (χ3n) is 6.57. The van der Waals surface area contributed by atoms with E-state index in [9.17, 15) is 9.59 Å². The van der Waals surface area contributed by atoms with Crippen LogP contribution in [0.1, 0.15) is 51.0 Å². The SMILES string of the molecule is CCC1(c2nccc(-c3sc(NC(=O)N4CCC[C@@]4(C)C(N)=O)nc3C)n2)CCOC1. The monoisotopic (exact) mass is 444 g/mol. The molecule has 0 bridgehead atoms. The van der Waals surface area contributed by atoms with Crippen LogP contribution in [0.25, 0.3) is 10.6 Å². The first-order valence-electron chi connectivity index (χ1n) is 10.6. The molecule has 2 aromatic rings. The van der Waals surface area contributed by atoms with Crippen LogP contribution in [0.4, 0.5) is 9.93 Å². The van der Waals surface area contributed by atoms with Gasteiger partial charge in [-0.25, -0.2) is 19.7 Å². The molecule has 0 spiro atoms. The van der Waals surface area contributed by atoms with Gasteiger partial charge in [0.25, 0.3) is 0 Å². The minimum atomic E-state index is -0.974. The number of hydrogen-bond acceptors (Lipinski definition) is 7. The molecule has 2 saturated heterocycles. The van der Waals surface area contributed by atoms with E-state index in [0.717, 1.165) is 48.0 Å². The molecular weight excluding hydrogens is 416 g/mol. The van der Waals surface area contributed by atoms with Gasteiger partial charge in [-0.3, -0.25) is 10.1 Å². The van der Waals surface area contributed by atoms with Gasteiger partial charge in [0, 0.05) is 19.3 Å². The number of hydrogen-bond donors (Lipinski definition) is 2. The van der Waals surface area contributed by atoms with Crippen LogP contribution < -0.4 is 11.1 Å². The normalized spacial score (nSPS) is 25.7. The number of rotatable bonds is 5. The highest BCUT2D eigenvalue weighted by Gasteiger charge is 2.44. The second kappa shape index (κ2) is 8.16. The van der Waals surface area contributed by atoms with Crippen LogP contribution >= 0.6 is 11.3 Å². The summed E-state index contributed by atoms with van der Waals surface area (Å²) in [7, 11) is 0. The predicted octanol–water partition coefficient (Wildman–Crippen LogP) is 2.85. The molecule has 0 aliphatic carbocycles. The number of primary amides is 1. The van der Waals surface area contributed by atoms with Gasteiger partial charge in [-0.2, -0.15) is 0 Å². The molecule has 0 radical (unpaired) electrons. The standard InChI is InChI=1S/C21H28N6O3S/c1-4-21(8-11-30-12-21)17-23-9-6-14(25-17)15-13(2)24-18(31-15)26-19(29)27-10-5-7-20(27,3)16(22)28/h6,9H,4-5,7-8,10-12H2,1-3H3,(H2,22,28)(H,24,26,29)/t20-,21?/m0/s1. The van der Waals surface area contributed by atoms with Crippen molar-refractivity contribution in [2.45, 2.75) is 57.4 Å². The summed E-state index contributed by atoms with van der Waals surface area (Å²) in [6.07, 6.45) is 4.89. The van der Waals surface area contributed by atoms with Gasteiger partial charge in [0.15, 0.2) is 5.13 Å². The van der Waals surface area contributed by atoms with Gasteiger partial charge < -0.3 is 15.4 Å². The molecule has 4 heterocycles. The number of aryl methyl sites for hydroxylation is 1. The van der Waals surface area contributed by atoms with Crippen LogP contribution in [0.15, 0.2) is 12.3 Å². The molecule has 3 N–H and O–H groups in total. The van der Waals surface area contributed by atoms with Gasteiger partial charge in [0.2, 0.25) is 5.91 Å². The summed E-state index contributed by atoms with van der Waals surface area (Å²) in [5.41, 5.74) is 5.98. The lowest BCUT2D eigenvalue weighted by Gasteiger charge is -2.31. The fourth-order valence-electron chi connectivity index (χ4n) is 4.35. The lowest BCUT2D eigenvalue weighted by molar-refractivity contribution is -0.126. The Morgan fingerprint density at radius 1 is 1.35 bits per heavy atom. The average Bonchev–Trinajstić information content (AvgIpc) is 3.47. The Labute approximate surface area is 185 Å². The van der Waals surface area contributed by atoms with Crippen LogP contribution in [-0.2, 0) is 14.9 Å². The van der Waals surface area contributed by atoms with Crippen molar-refractivity contribution in [3.63, 3.8) is 0 Å². The van der Waals surface area contributed by atoms with Gasteiger partial charge in [0.1, 0.15) is 11.4 Å². The largest absolute Gasteiger partial charge is 0.380 e. The lowest BCUT2D eigenvalue weighted by Crippen LogP contribution is -2.55. The van der Waals surface area contributed by atoms with Crippen molar-refractivity contribution in [3.8, 4) is 10.6 Å². The number of amides is 3. The second-order valence-electron chi connectivity index (χ2n) is 8.46. The van der Waals surface area contributed by atoms with E-state index in [1.807, 2.05) is 13.0 Å². The maximum atomic E-state index is 12.8. The average molecular weight is 445 g/mol. The van der Waals surface area contributed by atoms with Gasteiger partial charge in [-0.15, -0.1) is 0 Å². The maximum Gasteiger partial charge on any atom is 0.324 e. The summed E-state index contributed by atoms with van der Waals surface area (Å²) in [5, 5.41) is 3.30. The van der Waals surface area contributed by atoms with Gasteiger partial charge in [-0.05, 0) is 45.6 Å². The number of aromatic nitrogens is 3. The molecule has 9 nitrogen and oxygen atoms in total. The zero-order valence-electron chi connectivity index (χ0n) is 18.1. The number of urea groups is 1. The Morgan fingerprint density at radius 3 is 2.84 bits per heavy atom. The van der Waals surface area contributed by atoms with E-state index in [0.29, 0.717) is 24.7 Å². The smallest absolute Gasteiger partial charge is 0.324 e. The molecule has 2 aliphatic heterocycles. The summed E-state index contributed by atoms with van der Waals surface area (Å²) in [5.74, 6) is 0.295. The highest BCUT2D eigenvalue weighted by atomic mass is 32.1. The first-order valence-corrected chi connectivity index (χ1v) is 11.4. The Morgan fingerprint density at radius 2 is 2.16 bits per heavy atom. The summed E-state index contributed by atoms with van der Waals surface area (Å²) in [6.45, 7) is 7.57. The van der Waals surface area contributed by atoms with Crippen molar-refractivity contribution in [1.82, 2.24) is 19.9 Å². The van der Waals surface area contributed by atoms with Gasteiger partial charge in [-0.1, -0.05) is 18.3 Å². The van der Waals surface area contributed by atoms with Crippen LogP contribution in [0, 0.1) is 6.92 Å². The van der Waals surface area contributed by atoms with Crippen molar-refractivity contribution >= 4 is 28.4 Å². The molecular formula is C21H28N6O3S. The number of carbonyl (C=O) groups excluding carboxylic acids is 2. The fourth-order valence-corrected chi connectivity index (χ4v) is 5.28. The highest BCUT2D eigenvalue weighted by Crippen LogP contribution is 2.37. The number of carbonyl (C=O) groups is 2. The number of ether oxygens (including phenoxy) is 1. The molecule has 3 amide bonds. The number of nitrogens with one attached hydrogen (secondary N) is 1. The molecule has 2 fully saturated rings. The quantitative estimate of drug-likeness (QED) is 0.731. The lowest BCUT2D eigenvalue weighted by atomic mass is 9.83. The van der Waals surface area contributed by atoms with Gasteiger partial charge >= 0.3 is 6.03 Å². The van der Waals surface area contributed by atoms with E-state index in [-0.39, 0.29) is 11.4 Å². The molecule has 0 aromatic carbocycles. The molecule has 1 unspecified atom stereocenters. The molecule has 2 atom stereocenters. The van der Waals surface area contributed by atoms with Gasteiger partial charge in [0.05, 0.1) is 28.3 Å². The molecule has 31 heavy (non-hydrogen) atoms. The minimum Gasteiger partial charge on any atom is -0.380 e. The Bertz CT molecular complexity index is 1000. The molecule has 2 aliphatic rings. The van der Waals surface area contributed by atoms with E-state index < -0.39 is 11.4 Å². The topological polar surface area (TPSA) is 123 Å². The van der Waals surface area contributed by atoms with Crippen LogP contribution in [0.3, 0.4) is 0 Å². The van der Waals surface area contributed by atoms with Crippen molar-refractivity contribution in [2.75, 3.05) is 25.1 Å². The molecule has 2 aromatic heterocycles. The molecule has 0 saturated carbocycles. The van der Waals surface area contributed by atoms with E-state index >= 15 is 0 Å². The van der Waals surface area contributed by atoms with E-state index in [1.54, 1.807) is 13.1 Å². The predicted molar refractivity (Wildman–Crippen MR) is 118 cm³/mol. The van der Waals surface area contributed by atoms with Crippen LogP contribution in [-0.4, -0.2) is 57.1 Å². The number of anilines is 1. The summed E-state index contributed by atoms with van der Waals surface area (Å²) in [4.78, 5) is 41.0. The van der Waals surface area contributed by atoms with Crippen LogP contribution in [0.5, 0.6) is 0 Å². The second-order valence-corrected chi connectivity index (χ2v) is 9.46. The van der Waals surface area contributed by atoms with E-state index in [4.69, 9.17) is 15.5 Å². The highest BCUT2D eigenvalue weighted by molar-refractivity contribution is 7.19. The third-order valence-corrected chi connectivity index (χ3v) is 7.67. The number of likely N-dealkylation sites (tertiary alicyclic amines) is 1. The number of nitrogens with two attached hydrogens (primary N) is 1. The Balaban J connectivity index is 1.57. The summed E-state index contributed by atoms with van der Waals surface area (Å²) >= 11 is 1.36. The Hall–Kier alpha value is -2.59. The van der Waals surface area contributed by atoms with Crippen molar-refractivity contribution in [3.05, 3.63) is 23.8 Å².